The van der Waals surface area contributed by atoms with Crippen molar-refractivity contribution < 1.29 is 13.9 Å². The van der Waals surface area contributed by atoms with Gasteiger partial charge in [0.2, 0.25) is 0 Å². The van der Waals surface area contributed by atoms with E-state index in [0.717, 1.165) is 5.56 Å². The quantitative estimate of drug-likeness (QED) is 0.822. The molecule has 2 N–H and O–H groups in total. The van der Waals surface area contributed by atoms with Crippen molar-refractivity contribution in [1.29, 1.82) is 0 Å². The number of amides is 1. The number of carbonyl (C=O) groups is 1. The molecular formula is C20H23ClFN3O2. The van der Waals surface area contributed by atoms with Gasteiger partial charge in [-0.05, 0) is 42.0 Å². The SMILES string of the molecule is NC[C@H]1CN(C(=O)COc2ccc(Cl)cc2)CCN1Cc1ccc(F)cc1. The van der Waals surface area contributed by atoms with Crippen LogP contribution >= 0.6 is 11.6 Å². The smallest absolute Gasteiger partial charge is 0.260 e. The van der Waals surface area contributed by atoms with Gasteiger partial charge in [-0.3, -0.25) is 9.69 Å². The maximum absolute atomic E-state index is 13.1. The second kappa shape index (κ2) is 9.17. The fraction of sp³-hybridized carbons (Fsp3) is 0.350. The molecule has 1 aliphatic heterocycles. The number of hydrogen-bond donors (Lipinski definition) is 1. The highest BCUT2D eigenvalue weighted by Crippen LogP contribution is 2.17. The number of halogens is 2. The third-order valence-corrected chi connectivity index (χ3v) is 4.96. The Morgan fingerprint density at radius 3 is 2.52 bits per heavy atom. The summed E-state index contributed by atoms with van der Waals surface area (Å²) in [6.45, 7) is 3.00. The molecule has 2 aromatic rings. The second-order valence-corrected chi connectivity index (χ2v) is 7.01. The molecule has 1 heterocycles. The predicted molar refractivity (Wildman–Crippen MR) is 103 cm³/mol. The molecule has 0 aliphatic carbocycles. The van der Waals surface area contributed by atoms with Crippen LogP contribution in [0, 0.1) is 5.82 Å². The summed E-state index contributed by atoms with van der Waals surface area (Å²) < 4.78 is 18.6. The van der Waals surface area contributed by atoms with E-state index in [-0.39, 0.29) is 24.4 Å². The maximum Gasteiger partial charge on any atom is 0.260 e. The molecule has 144 valence electrons. The fourth-order valence-electron chi connectivity index (χ4n) is 3.14. The molecule has 1 fully saturated rings. The van der Waals surface area contributed by atoms with E-state index in [1.165, 1.54) is 12.1 Å². The van der Waals surface area contributed by atoms with Crippen molar-refractivity contribution in [3.8, 4) is 5.75 Å². The number of hydrogen-bond acceptors (Lipinski definition) is 4. The Balaban J connectivity index is 1.52. The van der Waals surface area contributed by atoms with Crippen LogP contribution in [0.5, 0.6) is 5.75 Å². The van der Waals surface area contributed by atoms with Gasteiger partial charge in [0.15, 0.2) is 6.61 Å². The van der Waals surface area contributed by atoms with E-state index in [0.29, 0.717) is 43.5 Å². The van der Waals surface area contributed by atoms with Gasteiger partial charge in [-0.2, -0.15) is 0 Å². The molecule has 5 nitrogen and oxygen atoms in total. The van der Waals surface area contributed by atoms with Gasteiger partial charge < -0.3 is 15.4 Å². The normalized spacial score (nSPS) is 17.7. The van der Waals surface area contributed by atoms with Gasteiger partial charge in [0.25, 0.3) is 5.91 Å². The molecule has 27 heavy (non-hydrogen) atoms. The highest BCUT2D eigenvalue weighted by Gasteiger charge is 2.28. The summed E-state index contributed by atoms with van der Waals surface area (Å²) in [5.41, 5.74) is 6.96. The Labute approximate surface area is 163 Å². The van der Waals surface area contributed by atoms with Crippen LogP contribution < -0.4 is 10.5 Å². The third-order valence-electron chi connectivity index (χ3n) is 4.70. The number of rotatable bonds is 6. The van der Waals surface area contributed by atoms with Crippen molar-refractivity contribution in [3.63, 3.8) is 0 Å². The first-order valence-corrected chi connectivity index (χ1v) is 9.27. The zero-order chi connectivity index (χ0) is 19.2. The van der Waals surface area contributed by atoms with Crippen molar-refractivity contribution in [3.05, 3.63) is 64.9 Å². The van der Waals surface area contributed by atoms with Crippen molar-refractivity contribution in [2.24, 2.45) is 5.73 Å². The van der Waals surface area contributed by atoms with Gasteiger partial charge in [-0.15, -0.1) is 0 Å². The fourth-order valence-corrected chi connectivity index (χ4v) is 3.27. The van der Waals surface area contributed by atoms with Gasteiger partial charge in [0, 0.05) is 43.8 Å². The molecule has 1 amide bonds. The molecule has 0 saturated carbocycles. The average molecular weight is 392 g/mol. The standard InChI is InChI=1S/C20H23ClFN3O2/c21-16-3-7-19(8-4-16)27-14-20(26)25-10-9-24(18(11-23)13-25)12-15-1-5-17(22)6-2-15/h1-8,18H,9-14,23H2/t18-/m0/s1. The van der Waals surface area contributed by atoms with Gasteiger partial charge in [-0.1, -0.05) is 23.7 Å². The first-order chi connectivity index (χ1) is 13.0. The van der Waals surface area contributed by atoms with Crippen LogP contribution in [0.25, 0.3) is 0 Å². The first-order valence-electron chi connectivity index (χ1n) is 8.90. The van der Waals surface area contributed by atoms with Crippen molar-refractivity contribution in [1.82, 2.24) is 9.80 Å². The van der Waals surface area contributed by atoms with E-state index in [1.54, 1.807) is 41.3 Å². The highest BCUT2D eigenvalue weighted by atomic mass is 35.5. The summed E-state index contributed by atoms with van der Waals surface area (Å²) >= 11 is 5.84. The van der Waals surface area contributed by atoms with E-state index in [4.69, 9.17) is 22.1 Å². The summed E-state index contributed by atoms with van der Waals surface area (Å²) in [6, 6.07) is 13.4. The Bertz CT molecular complexity index is 755. The van der Waals surface area contributed by atoms with Crippen LogP contribution in [0.15, 0.2) is 48.5 Å². The molecule has 0 radical (unpaired) electrons. The molecule has 3 rings (SSSR count). The lowest BCUT2D eigenvalue weighted by Gasteiger charge is -2.41. The minimum atomic E-state index is -0.245. The lowest BCUT2D eigenvalue weighted by Crippen LogP contribution is -2.57. The number of benzene rings is 2. The summed E-state index contributed by atoms with van der Waals surface area (Å²) in [5.74, 6) is 0.299. The molecule has 0 spiro atoms. The van der Waals surface area contributed by atoms with Gasteiger partial charge >= 0.3 is 0 Å². The highest BCUT2D eigenvalue weighted by molar-refractivity contribution is 6.30. The third kappa shape index (κ3) is 5.42. The van der Waals surface area contributed by atoms with Crippen LogP contribution in [0.4, 0.5) is 4.39 Å². The molecule has 7 heteroatoms. The molecule has 0 unspecified atom stereocenters. The average Bonchev–Trinajstić information content (AvgIpc) is 2.69. The Morgan fingerprint density at radius 1 is 1.15 bits per heavy atom. The molecule has 0 aromatic heterocycles. The Kier molecular flexibility index (Phi) is 6.66. The van der Waals surface area contributed by atoms with Gasteiger partial charge in [-0.25, -0.2) is 4.39 Å². The van der Waals surface area contributed by atoms with Gasteiger partial charge in [0.1, 0.15) is 11.6 Å². The number of piperazine rings is 1. The predicted octanol–water partition coefficient (Wildman–Crippen LogP) is 2.53. The molecule has 2 aromatic carbocycles. The van der Waals surface area contributed by atoms with E-state index < -0.39 is 0 Å². The zero-order valence-corrected chi connectivity index (χ0v) is 15.7. The van der Waals surface area contributed by atoms with Crippen molar-refractivity contribution in [2.45, 2.75) is 12.6 Å². The van der Waals surface area contributed by atoms with Crippen molar-refractivity contribution >= 4 is 17.5 Å². The zero-order valence-electron chi connectivity index (χ0n) is 15.0. The van der Waals surface area contributed by atoms with Crippen LogP contribution in [0.3, 0.4) is 0 Å². The molecular weight excluding hydrogens is 369 g/mol. The number of nitrogens with zero attached hydrogens (tertiary/aromatic N) is 2. The van der Waals surface area contributed by atoms with Crippen LogP contribution in [-0.4, -0.2) is 54.5 Å². The van der Waals surface area contributed by atoms with E-state index in [2.05, 4.69) is 4.90 Å². The minimum Gasteiger partial charge on any atom is -0.484 e. The van der Waals surface area contributed by atoms with Crippen LogP contribution in [0.1, 0.15) is 5.56 Å². The molecule has 1 aliphatic rings. The van der Waals surface area contributed by atoms with Crippen LogP contribution in [-0.2, 0) is 11.3 Å². The number of nitrogens with two attached hydrogens (primary N) is 1. The largest absolute Gasteiger partial charge is 0.484 e. The van der Waals surface area contributed by atoms with E-state index >= 15 is 0 Å². The summed E-state index contributed by atoms with van der Waals surface area (Å²) in [4.78, 5) is 16.5. The topological polar surface area (TPSA) is 58.8 Å². The Morgan fingerprint density at radius 2 is 1.85 bits per heavy atom. The molecule has 1 saturated heterocycles. The lowest BCUT2D eigenvalue weighted by molar-refractivity contribution is -0.136. The molecule has 1 atom stereocenters. The Hall–Kier alpha value is -2.15. The monoisotopic (exact) mass is 391 g/mol. The summed E-state index contributed by atoms with van der Waals surface area (Å²) in [6.07, 6.45) is 0. The van der Waals surface area contributed by atoms with E-state index in [1.807, 2.05) is 0 Å². The lowest BCUT2D eigenvalue weighted by atomic mass is 10.1. The summed E-state index contributed by atoms with van der Waals surface area (Å²) in [5, 5.41) is 0.622. The number of carbonyl (C=O) groups excluding carboxylic acids is 1. The number of ether oxygens (including phenoxy) is 1. The first kappa shape index (κ1) is 19.6. The summed E-state index contributed by atoms with van der Waals surface area (Å²) in [7, 11) is 0. The van der Waals surface area contributed by atoms with Crippen LogP contribution in [0.2, 0.25) is 5.02 Å². The second-order valence-electron chi connectivity index (χ2n) is 6.57. The van der Waals surface area contributed by atoms with E-state index in [9.17, 15) is 9.18 Å². The minimum absolute atomic E-state index is 0.0170. The van der Waals surface area contributed by atoms with Gasteiger partial charge in [0.05, 0.1) is 0 Å². The molecule has 0 bridgehead atoms. The maximum atomic E-state index is 13.1. The van der Waals surface area contributed by atoms with Crippen molar-refractivity contribution in [2.75, 3.05) is 32.8 Å².